The Bertz CT molecular complexity index is 795. The largest absolute Gasteiger partial charge is 0.379 e. The Hall–Kier alpha value is -2.26. The number of aromatic nitrogens is 2. The van der Waals surface area contributed by atoms with Crippen LogP contribution in [-0.4, -0.2) is 89.5 Å². The van der Waals surface area contributed by atoms with Gasteiger partial charge in [-0.1, -0.05) is 0 Å². The molecule has 3 aliphatic heterocycles. The molecule has 0 bridgehead atoms. The van der Waals surface area contributed by atoms with Crippen LogP contribution < -0.4 is 5.32 Å². The number of likely N-dealkylation sites (tertiary alicyclic amines) is 1. The molecule has 0 saturated carbocycles. The lowest BCUT2D eigenvalue weighted by molar-refractivity contribution is -0.137. The van der Waals surface area contributed by atoms with Crippen molar-refractivity contribution in [1.82, 2.24) is 24.7 Å². The third-order valence-corrected chi connectivity index (χ3v) is 6.35. The maximum Gasteiger partial charge on any atom is 0.237 e. The number of amides is 2. The van der Waals surface area contributed by atoms with Gasteiger partial charge in [-0.3, -0.25) is 14.5 Å². The summed E-state index contributed by atoms with van der Waals surface area (Å²) in [5.74, 6) is 1.72. The molecule has 0 radical (unpaired) electrons. The van der Waals surface area contributed by atoms with Crippen molar-refractivity contribution in [2.24, 2.45) is 0 Å². The van der Waals surface area contributed by atoms with E-state index in [1.807, 2.05) is 16.8 Å². The third kappa shape index (κ3) is 4.41. The predicted octanol–water partition coefficient (Wildman–Crippen LogP) is 0.809. The summed E-state index contributed by atoms with van der Waals surface area (Å²) in [5, 5.41) is 3.21. The fourth-order valence-corrected chi connectivity index (χ4v) is 4.61. The topological polar surface area (TPSA) is 90.9 Å². The van der Waals surface area contributed by atoms with Gasteiger partial charge in [0.15, 0.2) is 5.82 Å². The third-order valence-electron chi connectivity index (χ3n) is 6.35. The second kappa shape index (κ2) is 9.26. The number of hydrogen-bond donors (Lipinski definition) is 1. The Labute approximate surface area is 177 Å². The zero-order chi connectivity index (χ0) is 21.1. The lowest BCUT2D eigenvalue weighted by atomic mass is 9.99. The van der Waals surface area contributed by atoms with Gasteiger partial charge in [0, 0.05) is 45.7 Å². The molecule has 1 aromatic rings. The molecule has 4 heterocycles. The number of carbonyl (C=O) groups excluding carboxylic acids is 2. The number of anilines is 1. The van der Waals surface area contributed by atoms with E-state index >= 15 is 0 Å². The molecule has 0 aromatic carbocycles. The molecule has 1 N–H and O–H groups in total. The van der Waals surface area contributed by atoms with Crippen LogP contribution in [0.5, 0.6) is 0 Å². The summed E-state index contributed by atoms with van der Waals surface area (Å²) in [5.41, 5.74) is 1.98. The van der Waals surface area contributed by atoms with Gasteiger partial charge in [-0.2, -0.15) is 0 Å². The summed E-state index contributed by atoms with van der Waals surface area (Å²) in [6.45, 7) is 6.90. The number of carbonyl (C=O) groups is 2. The molecule has 1 aromatic heterocycles. The summed E-state index contributed by atoms with van der Waals surface area (Å²) >= 11 is 0. The Morgan fingerprint density at radius 2 is 1.93 bits per heavy atom. The van der Waals surface area contributed by atoms with Crippen LogP contribution in [0.25, 0.3) is 0 Å². The first-order valence-electron chi connectivity index (χ1n) is 11.0. The van der Waals surface area contributed by atoms with Gasteiger partial charge in [-0.25, -0.2) is 9.97 Å². The van der Waals surface area contributed by atoms with Crippen molar-refractivity contribution in [2.75, 3.05) is 58.3 Å². The molecule has 164 valence electrons. The molecule has 2 saturated heterocycles. The van der Waals surface area contributed by atoms with Gasteiger partial charge in [0.1, 0.15) is 5.82 Å². The SMILES string of the molecule is CNc1nc([C@@H]2CCCCN2C(=O)CN2CCOCC2)nc2c1CCN(C(C)=O)C2. The second-order valence-electron chi connectivity index (χ2n) is 8.28. The minimum atomic E-state index is -0.114. The molecular formula is C21H32N6O3. The summed E-state index contributed by atoms with van der Waals surface area (Å²) in [4.78, 5) is 40.7. The van der Waals surface area contributed by atoms with Gasteiger partial charge >= 0.3 is 0 Å². The molecule has 2 amide bonds. The zero-order valence-electron chi connectivity index (χ0n) is 18.0. The molecule has 0 aliphatic carbocycles. The highest BCUT2D eigenvalue weighted by molar-refractivity contribution is 5.79. The van der Waals surface area contributed by atoms with E-state index in [2.05, 4.69) is 10.2 Å². The Balaban J connectivity index is 1.58. The van der Waals surface area contributed by atoms with E-state index in [9.17, 15) is 9.59 Å². The van der Waals surface area contributed by atoms with Gasteiger partial charge in [-0.05, 0) is 25.7 Å². The van der Waals surface area contributed by atoms with Crippen LogP contribution >= 0.6 is 0 Å². The van der Waals surface area contributed by atoms with Crippen LogP contribution in [-0.2, 0) is 27.3 Å². The first-order valence-corrected chi connectivity index (χ1v) is 11.0. The van der Waals surface area contributed by atoms with Crippen molar-refractivity contribution in [2.45, 2.75) is 45.2 Å². The average Bonchev–Trinajstić information content (AvgIpc) is 2.78. The Morgan fingerprint density at radius 1 is 1.13 bits per heavy atom. The summed E-state index contributed by atoms with van der Waals surface area (Å²) in [6.07, 6.45) is 3.68. The molecule has 2 fully saturated rings. The average molecular weight is 417 g/mol. The van der Waals surface area contributed by atoms with Crippen molar-refractivity contribution >= 4 is 17.6 Å². The van der Waals surface area contributed by atoms with E-state index in [4.69, 9.17) is 14.7 Å². The fraction of sp³-hybridized carbons (Fsp3) is 0.714. The van der Waals surface area contributed by atoms with Gasteiger partial charge in [0.05, 0.1) is 38.0 Å². The maximum absolute atomic E-state index is 13.2. The highest BCUT2D eigenvalue weighted by Crippen LogP contribution is 2.32. The smallest absolute Gasteiger partial charge is 0.237 e. The number of piperidine rings is 1. The van der Waals surface area contributed by atoms with Crippen LogP contribution in [0.15, 0.2) is 0 Å². The first-order chi connectivity index (χ1) is 14.6. The van der Waals surface area contributed by atoms with Crippen LogP contribution in [0.3, 0.4) is 0 Å². The normalized spacial score (nSPS) is 22.5. The molecule has 9 heteroatoms. The van der Waals surface area contributed by atoms with Crippen molar-refractivity contribution in [3.05, 3.63) is 17.1 Å². The molecule has 0 unspecified atom stereocenters. The van der Waals surface area contributed by atoms with Crippen LogP contribution in [0.4, 0.5) is 5.82 Å². The number of ether oxygens (including phenoxy) is 1. The lowest BCUT2D eigenvalue weighted by Gasteiger charge is -2.37. The van der Waals surface area contributed by atoms with E-state index in [-0.39, 0.29) is 17.9 Å². The van der Waals surface area contributed by atoms with Gasteiger partial charge < -0.3 is 19.9 Å². The predicted molar refractivity (Wildman–Crippen MR) is 112 cm³/mol. The van der Waals surface area contributed by atoms with E-state index in [1.165, 1.54) is 0 Å². The van der Waals surface area contributed by atoms with Crippen molar-refractivity contribution in [1.29, 1.82) is 0 Å². The number of morpholine rings is 1. The van der Waals surface area contributed by atoms with E-state index in [1.54, 1.807) is 6.92 Å². The van der Waals surface area contributed by atoms with Crippen LogP contribution in [0, 0.1) is 0 Å². The number of hydrogen-bond acceptors (Lipinski definition) is 7. The van der Waals surface area contributed by atoms with Gasteiger partial charge in [0.2, 0.25) is 11.8 Å². The number of rotatable bonds is 4. The molecule has 30 heavy (non-hydrogen) atoms. The summed E-state index contributed by atoms with van der Waals surface area (Å²) < 4.78 is 5.40. The minimum Gasteiger partial charge on any atom is -0.379 e. The highest BCUT2D eigenvalue weighted by Gasteiger charge is 2.33. The van der Waals surface area contributed by atoms with Crippen LogP contribution in [0.2, 0.25) is 0 Å². The monoisotopic (exact) mass is 416 g/mol. The Kier molecular flexibility index (Phi) is 6.48. The molecule has 1 atom stereocenters. The number of fused-ring (bicyclic) bond motifs is 1. The standard InChI is InChI=1S/C21H32N6O3/c1-15(28)26-8-6-16-17(13-26)23-21(24-20(16)22-2)18-5-3-4-7-27(18)19(29)14-25-9-11-30-12-10-25/h18H,3-14H2,1-2H3,(H,22,23,24)/t18-/m0/s1. The number of nitrogens with one attached hydrogen (secondary N) is 1. The summed E-state index contributed by atoms with van der Waals surface area (Å²) in [7, 11) is 1.87. The maximum atomic E-state index is 13.2. The summed E-state index contributed by atoms with van der Waals surface area (Å²) in [6, 6.07) is -0.114. The molecule has 0 spiro atoms. The lowest BCUT2D eigenvalue weighted by Crippen LogP contribution is -2.47. The van der Waals surface area contributed by atoms with Crippen molar-refractivity contribution < 1.29 is 14.3 Å². The van der Waals surface area contributed by atoms with Gasteiger partial charge in [0.25, 0.3) is 0 Å². The Morgan fingerprint density at radius 3 is 2.67 bits per heavy atom. The molecular weight excluding hydrogens is 384 g/mol. The van der Waals surface area contributed by atoms with Crippen molar-refractivity contribution in [3.63, 3.8) is 0 Å². The van der Waals surface area contributed by atoms with Crippen LogP contribution in [0.1, 0.15) is 49.3 Å². The first kappa shape index (κ1) is 21.0. The molecule has 4 rings (SSSR count). The number of nitrogens with zero attached hydrogens (tertiary/aromatic N) is 5. The van der Waals surface area contributed by atoms with E-state index in [0.29, 0.717) is 38.7 Å². The van der Waals surface area contributed by atoms with E-state index in [0.717, 1.165) is 62.4 Å². The highest BCUT2D eigenvalue weighted by atomic mass is 16.5. The van der Waals surface area contributed by atoms with Gasteiger partial charge in [-0.15, -0.1) is 0 Å². The second-order valence-corrected chi connectivity index (χ2v) is 8.28. The molecule has 3 aliphatic rings. The zero-order valence-corrected chi connectivity index (χ0v) is 18.0. The quantitative estimate of drug-likeness (QED) is 0.777. The van der Waals surface area contributed by atoms with E-state index < -0.39 is 0 Å². The molecule has 9 nitrogen and oxygen atoms in total. The van der Waals surface area contributed by atoms with Crippen molar-refractivity contribution in [3.8, 4) is 0 Å². The minimum absolute atomic E-state index is 0.0619. The fourth-order valence-electron chi connectivity index (χ4n) is 4.61.